The molecule has 6 nitrogen and oxygen atoms in total. The fourth-order valence-electron chi connectivity index (χ4n) is 4.37. The summed E-state index contributed by atoms with van der Waals surface area (Å²) in [6, 6.07) is 15.8. The molecule has 0 radical (unpaired) electrons. The van der Waals surface area contributed by atoms with Gasteiger partial charge in [0.2, 0.25) is 5.91 Å². The summed E-state index contributed by atoms with van der Waals surface area (Å²) in [5, 5.41) is 31.7. The zero-order valence-electron chi connectivity index (χ0n) is 19.1. The van der Waals surface area contributed by atoms with Gasteiger partial charge in [-0.15, -0.1) is 0 Å². The second-order valence-corrected chi connectivity index (χ2v) is 8.87. The lowest BCUT2D eigenvalue weighted by Gasteiger charge is -2.32. The minimum Gasteiger partial charge on any atom is -0.508 e. The number of aliphatic carboxylic acids is 1. The Labute approximate surface area is 189 Å². The van der Waals surface area contributed by atoms with Crippen LogP contribution in [0.2, 0.25) is 0 Å². The van der Waals surface area contributed by atoms with E-state index in [1.807, 2.05) is 58.0 Å². The summed E-state index contributed by atoms with van der Waals surface area (Å²) < 4.78 is 0. The molecule has 0 saturated carbocycles. The number of carbonyl (C=O) groups is 2. The van der Waals surface area contributed by atoms with Gasteiger partial charge in [0.15, 0.2) is 0 Å². The summed E-state index contributed by atoms with van der Waals surface area (Å²) in [6.45, 7) is 7.91. The number of nitrogens with one attached hydrogen (secondary N) is 1. The van der Waals surface area contributed by atoms with Crippen LogP contribution in [0.1, 0.15) is 68.6 Å². The van der Waals surface area contributed by atoms with Crippen molar-refractivity contribution in [3.8, 4) is 11.8 Å². The van der Waals surface area contributed by atoms with Crippen LogP contribution >= 0.6 is 0 Å². The van der Waals surface area contributed by atoms with Gasteiger partial charge < -0.3 is 15.5 Å². The Morgan fingerprint density at radius 2 is 1.69 bits per heavy atom. The highest BCUT2D eigenvalue weighted by Gasteiger charge is 2.36. The number of aromatic hydroxyl groups is 1. The number of carboxylic acids is 1. The molecule has 0 fully saturated rings. The summed E-state index contributed by atoms with van der Waals surface area (Å²) >= 11 is 0. The highest BCUT2D eigenvalue weighted by molar-refractivity contribution is 5.85. The SMILES string of the molecule is CC(C)CC(C(=O)NCC#N)c1ccccc1C(C(C)C)C(C(=O)O)c1cccc(O)c1. The lowest BCUT2D eigenvalue weighted by Crippen LogP contribution is -2.32. The van der Waals surface area contributed by atoms with Crippen molar-refractivity contribution in [2.75, 3.05) is 6.54 Å². The molecule has 1 amide bonds. The van der Waals surface area contributed by atoms with Gasteiger partial charge in [-0.05, 0) is 47.1 Å². The van der Waals surface area contributed by atoms with Gasteiger partial charge in [-0.1, -0.05) is 64.1 Å². The van der Waals surface area contributed by atoms with Crippen molar-refractivity contribution in [3.05, 3.63) is 65.2 Å². The van der Waals surface area contributed by atoms with Gasteiger partial charge in [-0.25, -0.2) is 0 Å². The summed E-state index contributed by atoms with van der Waals surface area (Å²) in [4.78, 5) is 25.5. The van der Waals surface area contributed by atoms with E-state index in [2.05, 4.69) is 5.32 Å². The molecule has 0 aliphatic heterocycles. The average Bonchev–Trinajstić information content (AvgIpc) is 2.73. The Morgan fingerprint density at radius 3 is 2.22 bits per heavy atom. The van der Waals surface area contributed by atoms with E-state index >= 15 is 0 Å². The molecule has 3 atom stereocenters. The molecule has 3 N–H and O–H groups in total. The monoisotopic (exact) mass is 436 g/mol. The number of phenolic OH excluding ortho intramolecular Hbond substituents is 1. The number of hydrogen-bond acceptors (Lipinski definition) is 4. The van der Waals surface area contributed by atoms with Crippen molar-refractivity contribution >= 4 is 11.9 Å². The molecular weight excluding hydrogens is 404 g/mol. The largest absolute Gasteiger partial charge is 0.508 e. The number of amides is 1. The highest BCUT2D eigenvalue weighted by atomic mass is 16.4. The number of hydrogen-bond donors (Lipinski definition) is 3. The number of benzene rings is 2. The maximum absolute atomic E-state index is 13.0. The van der Waals surface area contributed by atoms with Gasteiger partial charge in [0.05, 0.1) is 17.9 Å². The predicted molar refractivity (Wildman–Crippen MR) is 123 cm³/mol. The van der Waals surface area contributed by atoms with Crippen molar-refractivity contribution in [2.45, 2.75) is 51.9 Å². The zero-order chi connectivity index (χ0) is 23.8. The number of nitriles is 1. The summed E-state index contributed by atoms with van der Waals surface area (Å²) in [5.41, 5.74) is 2.10. The molecule has 0 aliphatic carbocycles. The third kappa shape index (κ3) is 6.10. The van der Waals surface area contributed by atoms with Gasteiger partial charge >= 0.3 is 5.97 Å². The van der Waals surface area contributed by atoms with Crippen LogP contribution in [-0.2, 0) is 9.59 Å². The van der Waals surface area contributed by atoms with Crippen LogP contribution < -0.4 is 5.32 Å². The van der Waals surface area contributed by atoms with Crippen LogP contribution in [0.15, 0.2) is 48.5 Å². The molecule has 2 aromatic rings. The van der Waals surface area contributed by atoms with Crippen LogP contribution in [-0.4, -0.2) is 28.6 Å². The molecule has 0 bridgehead atoms. The van der Waals surface area contributed by atoms with Gasteiger partial charge in [-0.2, -0.15) is 5.26 Å². The molecule has 0 saturated heterocycles. The van der Waals surface area contributed by atoms with E-state index in [4.69, 9.17) is 5.26 Å². The Balaban J connectivity index is 2.65. The molecule has 6 heteroatoms. The predicted octanol–water partition coefficient (Wildman–Crippen LogP) is 4.77. The molecule has 32 heavy (non-hydrogen) atoms. The van der Waals surface area contributed by atoms with Crippen molar-refractivity contribution < 1.29 is 19.8 Å². The zero-order valence-corrected chi connectivity index (χ0v) is 19.1. The van der Waals surface area contributed by atoms with E-state index in [-0.39, 0.29) is 30.0 Å². The van der Waals surface area contributed by atoms with Crippen LogP contribution in [0.25, 0.3) is 0 Å². The summed E-state index contributed by atoms with van der Waals surface area (Å²) in [5.74, 6) is -2.87. The minimum absolute atomic E-state index is 0.0121. The minimum atomic E-state index is -0.988. The first-order valence-electron chi connectivity index (χ1n) is 10.9. The molecule has 2 aromatic carbocycles. The van der Waals surface area contributed by atoms with E-state index in [0.29, 0.717) is 12.0 Å². The molecular formula is C26H32N2O4. The second-order valence-electron chi connectivity index (χ2n) is 8.87. The maximum atomic E-state index is 13.0. The van der Waals surface area contributed by atoms with E-state index < -0.39 is 23.7 Å². The Bertz CT molecular complexity index is 978. The summed E-state index contributed by atoms with van der Waals surface area (Å²) in [6.07, 6.45) is 0.572. The van der Waals surface area contributed by atoms with Gasteiger partial charge in [0, 0.05) is 5.92 Å². The molecule has 3 unspecified atom stereocenters. The van der Waals surface area contributed by atoms with E-state index in [0.717, 1.165) is 11.1 Å². The molecule has 0 spiro atoms. The second kappa shape index (κ2) is 11.3. The van der Waals surface area contributed by atoms with E-state index in [9.17, 15) is 19.8 Å². The van der Waals surface area contributed by atoms with Gasteiger partial charge in [-0.3, -0.25) is 9.59 Å². The number of carboxylic acid groups (broad SMARTS) is 1. The first kappa shape index (κ1) is 24.9. The lowest BCUT2D eigenvalue weighted by atomic mass is 9.71. The molecule has 2 rings (SSSR count). The molecule has 0 aromatic heterocycles. The number of carbonyl (C=O) groups excluding carboxylic acids is 1. The fraction of sp³-hybridized carbons (Fsp3) is 0.423. The molecule has 0 heterocycles. The normalized spacial score (nSPS) is 13.9. The van der Waals surface area contributed by atoms with Crippen LogP contribution in [0.3, 0.4) is 0 Å². The van der Waals surface area contributed by atoms with Crippen molar-refractivity contribution in [1.29, 1.82) is 5.26 Å². The Morgan fingerprint density at radius 1 is 1.03 bits per heavy atom. The van der Waals surface area contributed by atoms with Crippen molar-refractivity contribution in [1.82, 2.24) is 5.32 Å². The average molecular weight is 437 g/mol. The third-order valence-corrected chi connectivity index (χ3v) is 5.67. The van der Waals surface area contributed by atoms with Gasteiger partial charge in [0.25, 0.3) is 0 Å². The third-order valence-electron chi connectivity index (χ3n) is 5.67. The highest BCUT2D eigenvalue weighted by Crippen LogP contribution is 2.43. The standard InChI is InChI=1S/C26H32N2O4/c1-16(2)14-22(25(30)28-13-12-27)20-10-5-6-11-21(20)23(17(3)4)24(26(31)32)18-8-7-9-19(29)15-18/h5-11,15-17,22-24,29H,13-14H2,1-4H3,(H,28,30)(H,31,32). The lowest BCUT2D eigenvalue weighted by molar-refractivity contribution is -0.139. The number of nitrogens with zero attached hydrogens (tertiary/aromatic N) is 1. The quantitative estimate of drug-likeness (QED) is 0.465. The summed E-state index contributed by atoms with van der Waals surface area (Å²) in [7, 11) is 0. The van der Waals surface area contributed by atoms with E-state index in [1.54, 1.807) is 12.1 Å². The van der Waals surface area contributed by atoms with Crippen LogP contribution in [0.4, 0.5) is 0 Å². The van der Waals surface area contributed by atoms with Gasteiger partial charge in [0.1, 0.15) is 12.3 Å². The maximum Gasteiger partial charge on any atom is 0.311 e. The van der Waals surface area contributed by atoms with E-state index in [1.165, 1.54) is 12.1 Å². The van der Waals surface area contributed by atoms with Crippen molar-refractivity contribution in [2.24, 2.45) is 11.8 Å². The number of rotatable bonds is 10. The first-order valence-corrected chi connectivity index (χ1v) is 10.9. The smallest absolute Gasteiger partial charge is 0.311 e. The Kier molecular flexibility index (Phi) is 8.83. The topological polar surface area (TPSA) is 110 Å². The number of phenols is 1. The molecule has 170 valence electrons. The Hall–Kier alpha value is -3.33. The van der Waals surface area contributed by atoms with Crippen LogP contribution in [0, 0.1) is 23.2 Å². The first-order chi connectivity index (χ1) is 15.2. The van der Waals surface area contributed by atoms with Crippen LogP contribution in [0.5, 0.6) is 5.75 Å². The fourth-order valence-corrected chi connectivity index (χ4v) is 4.37. The molecule has 0 aliphatic rings. The van der Waals surface area contributed by atoms with Crippen molar-refractivity contribution in [3.63, 3.8) is 0 Å².